The van der Waals surface area contributed by atoms with E-state index in [9.17, 15) is 4.79 Å². The monoisotopic (exact) mass is 334 g/mol. The summed E-state index contributed by atoms with van der Waals surface area (Å²) in [5.41, 5.74) is 4.53. The smallest absolute Gasteiger partial charge is 0.275 e. The third-order valence-electron chi connectivity index (χ3n) is 5.96. The van der Waals surface area contributed by atoms with Gasteiger partial charge in [0.2, 0.25) is 0 Å². The van der Waals surface area contributed by atoms with Crippen LogP contribution in [0.1, 0.15) is 51.9 Å². The Morgan fingerprint density at radius 3 is 2.57 bits per heavy atom. The maximum Gasteiger partial charge on any atom is 0.285 e. The normalized spacial score (nSPS) is 35.6. The molecular formula is C17H23ClN4O. The number of hydrazone groups is 1. The number of aromatic nitrogens is 2. The van der Waals surface area contributed by atoms with E-state index in [1.165, 1.54) is 44.7 Å². The summed E-state index contributed by atoms with van der Waals surface area (Å²) in [4.78, 5) is 11.4. The quantitative estimate of drug-likeness (QED) is 0.649. The van der Waals surface area contributed by atoms with Gasteiger partial charge in [0, 0.05) is 5.71 Å². The lowest BCUT2D eigenvalue weighted by atomic mass is 9.48. The highest BCUT2D eigenvalue weighted by Gasteiger charge is 2.50. The van der Waals surface area contributed by atoms with Crippen molar-refractivity contribution in [3.05, 3.63) is 21.6 Å². The molecule has 4 saturated carbocycles. The summed E-state index contributed by atoms with van der Waals surface area (Å²) >= 11 is 5.96. The summed E-state index contributed by atoms with van der Waals surface area (Å²) in [6.07, 6.45) is 11.0. The minimum absolute atomic E-state index is 0.103. The largest absolute Gasteiger partial charge is 0.285 e. The third-order valence-corrected chi connectivity index (χ3v) is 6.33. The molecule has 1 heterocycles. The Bertz CT molecular complexity index is 661. The van der Waals surface area contributed by atoms with Crippen LogP contribution in [0.3, 0.4) is 0 Å². The fraction of sp³-hybridized carbons (Fsp3) is 0.706. The first-order valence-corrected chi connectivity index (χ1v) is 8.93. The molecule has 0 amide bonds. The minimum Gasteiger partial charge on any atom is -0.275 e. The summed E-state index contributed by atoms with van der Waals surface area (Å²) in [7, 11) is 0. The number of hydrogen-bond donors (Lipinski definition) is 2. The van der Waals surface area contributed by atoms with Gasteiger partial charge in [-0.3, -0.25) is 10.2 Å². The van der Waals surface area contributed by atoms with E-state index in [2.05, 4.69) is 27.6 Å². The lowest BCUT2D eigenvalue weighted by Gasteiger charge is -2.57. The zero-order chi connectivity index (χ0) is 16.0. The predicted octanol–water partition coefficient (Wildman–Crippen LogP) is 3.82. The Morgan fingerprint density at radius 1 is 1.35 bits per heavy atom. The van der Waals surface area contributed by atoms with E-state index in [0.29, 0.717) is 11.1 Å². The van der Waals surface area contributed by atoms with Gasteiger partial charge in [-0.15, -0.1) is 0 Å². The number of nitrogens with zero attached hydrogens (tertiary/aromatic N) is 2. The van der Waals surface area contributed by atoms with Crippen molar-refractivity contribution < 1.29 is 0 Å². The van der Waals surface area contributed by atoms with Gasteiger partial charge in [0.15, 0.2) is 0 Å². The van der Waals surface area contributed by atoms with E-state index in [0.717, 1.165) is 29.9 Å². The fourth-order valence-electron chi connectivity index (χ4n) is 5.71. The van der Waals surface area contributed by atoms with Crippen molar-refractivity contribution in [2.45, 2.75) is 51.9 Å². The molecule has 124 valence electrons. The van der Waals surface area contributed by atoms with Crippen molar-refractivity contribution in [2.24, 2.45) is 28.3 Å². The number of anilines is 1. The first kappa shape index (κ1) is 15.2. The van der Waals surface area contributed by atoms with E-state index in [1.54, 1.807) is 0 Å². The first-order chi connectivity index (χ1) is 11.0. The zero-order valence-corrected chi connectivity index (χ0v) is 14.2. The van der Waals surface area contributed by atoms with Crippen LogP contribution in [-0.4, -0.2) is 15.9 Å². The van der Waals surface area contributed by atoms with Crippen LogP contribution in [0, 0.1) is 23.2 Å². The average molecular weight is 335 g/mol. The van der Waals surface area contributed by atoms with Crippen molar-refractivity contribution in [2.75, 3.05) is 5.43 Å². The highest BCUT2D eigenvalue weighted by Crippen LogP contribution is 2.61. The number of H-pyrrole nitrogens is 1. The van der Waals surface area contributed by atoms with Crippen LogP contribution < -0.4 is 11.0 Å². The molecule has 1 aromatic heterocycles. The maximum atomic E-state index is 11.4. The minimum atomic E-state index is -0.398. The van der Waals surface area contributed by atoms with Gasteiger partial charge < -0.3 is 0 Å². The summed E-state index contributed by atoms with van der Waals surface area (Å²) in [6, 6.07) is 0. The average Bonchev–Trinajstić information content (AvgIpc) is 2.47. The SMILES string of the molecule is C/C(CC12CC3CC(CC(C3)C1)C2)=N\Nc1cn[nH]c(=O)c1Cl. The Kier molecular flexibility index (Phi) is 3.71. The molecule has 4 bridgehead atoms. The lowest BCUT2D eigenvalue weighted by Crippen LogP contribution is -2.46. The molecule has 2 N–H and O–H groups in total. The summed E-state index contributed by atoms with van der Waals surface area (Å²) < 4.78 is 0. The van der Waals surface area contributed by atoms with E-state index >= 15 is 0 Å². The van der Waals surface area contributed by atoms with Gasteiger partial charge in [0.05, 0.1) is 6.20 Å². The van der Waals surface area contributed by atoms with Crippen molar-refractivity contribution in [3.8, 4) is 0 Å². The fourth-order valence-corrected chi connectivity index (χ4v) is 5.84. The molecule has 0 saturated heterocycles. The van der Waals surface area contributed by atoms with Crippen LogP contribution in [-0.2, 0) is 0 Å². The molecule has 4 aliphatic rings. The van der Waals surface area contributed by atoms with Gasteiger partial charge in [0.1, 0.15) is 10.7 Å². The zero-order valence-electron chi connectivity index (χ0n) is 13.4. The molecule has 6 heteroatoms. The highest BCUT2D eigenvalue weighted by molar-refractivity contribution is 6.32. The molecule has 4 fully saturated rings. The van der Waals surface area contributed by atoms with E-state index < -0.39 is 5.56 Å². The molecule has 23 heavy (non-hydrogen) atoms. The molecular weight excluding hydrogens is 312 g/mol. The third kappa shape index (κ3) is 2.91. The molecule has 5 rings (SSSR count). The Morgan fingerprint density at radius 2 is 1.96 bits per heavy atom. The Hall–Kier alpha value is -1.36. The standard InChI is InChI=1S/C17H23ClN4O/c1-10(20-21-14-9-19-22-16(23)15(14)18)5-17-6-11-2-12(7-17)4-13(3-11)8-17/h9,11-13H,2-8H2,1H3,(H2,21,22,23)/b20-10+. The summed E-state index contributed by atoms with van der Waals surface area (Å²) in [5, 5.41) is 10.6. The molecule has 4 aliphatic carbocycles. The van der Waals surface area contributed by atoms with Crippen molar-refractivity contribution in [1.82, 2.24) is 10.2 Å². The second-order valence-electron chi connectivity index (χ2n) is 7.98. The highest BCUT2D eigenvalue weighted by atomic mass is 35.5. The predicted molar refractivity (Wildman–Crippen MR) is 91.8 cm³/mol. The number of halogens is 1. The van der Waals surface area contributed by atoms with Gasteiger partial charge in [-0.05, 0) is 75.0 Å². The Labute approximate surface area is 140 Å². The van der Waals surface area contributed by atoms with Crippen molar-refractivity contribution in [3.63, 3.8) is 0 Å². The van der Waals surface area contributed by atoms with Crippen LogP contribution in [0.5, 0.6) is 0 Å². The number of rotatable bonds is 4. The van der Waals surface area contributed by atoms with Crippen LogP contribution in [0.15, 0.2) is 16.1 Å². The lowest BCUT2D eigenvalue weighted by molar-refractivity contribution is -0.0482. The number of aromatic amines is 1. The van der Waals surface area contributed by atoms with Crippen LogP contribution >= 0.6 is 11.6 Å². The Balaban J connectivity index is 1.46. The molecule has 0 atom stereocenters. The molecule has 0 aromatic carbocycles. The second kappa shape index (κ2) is 5.62. The topological polar surface area (TPSA) is 70.1 Å². The number of hydrogen-bond acceptors (Lipinski definition) is 4. The molecule has 0 aliphatic heterocycles. The molecule has 0 spiro atoms. The summed E-state index contributed by atoms with van der Waals surface area (Å²) in [5.74, 6) is 2.86. The van der Waals surface area contributed by atoms with Gasteiger partial charge in [-0.25, -0.2) is 5.10 Å². The van der Waals surface area contributed by atoms with E-state index in [-0.39, 0.29) is 5.02 Å². The molecule has 1 aromatic rings. The van der Waals surface area contributed by atoms with Gasteiger partial charge >= 0.3 is 0 Å². The van der Waals surface area contributed by atoms with Gasteiger partial charge in [-0.1, -0.05) is 11.6 Å². The molecule has 0 unspecified atom stereocenters. The maximum absolute atomic E-state index is 11.4. The first-order valence-electron chi connectivity index (χ1n) is 8.55. The van der Waals surface area contributed by atoms with E-state index in [4.69, 9.17) is 11.6 Å². The summed E-state index contributed by atoms with van der Waals surface area (Å²) in [6.45, 7) is 2.07. The molecule has 5 nitrogen and oxygen atoms in total. The van der Waals surface area contributed by atoms with E-state index in [1.807, 2.05) is 0 Å². The number of nitrogens with one attached hydrogen (secondary N) is 2. The van der Waals surface area contributed by atoms with Gasteiger partial charge in [0.25, 0.3) is 5.56 Å². The van der Waals surface area contributed by atoms with Gasteiger partial charge in [-0.2, -0.15) is 10.2 Å². The van der Waals surface area contributed by atoms with Crippen molar-refractivity contribution in [1.29, 1.82) is 0 Å². The van der Waals surface area contributed by atoms with Crippen LogP contribution in [0.25, 0.3) is 0 Å². The van der Waals surface area contributed by atoms with Crippen LogP contribution in [0.2, 0.25) is 5.02 Å². The van der Waals surface area contributed by atoms with Crippen LogP contribution in [0.4, 0.5) is 5.69 Å². The van der Waals surface area contributed by atoms with Crippen molar-refractivity contribution >= 4 is 23.0 Å². The second-order valence-corrected chi connectivity index (χ2v) is 8.36. The molecule has 0 radical (unpaired) electrons.